The quantitative estimate of drug-likeness (QED) is 0.308. The number of allylic oxidation sites excluding steroid dienone is 1. The summed E-state index contributed by atoms with van der Waals surface area (Å²) in [6.45, 7) is 8.36. The molecule has 3 aromatic heterocycles. The molecule has 0 bridgehead atoms. The molecule has 0 fully saturated rings. The van der Waals surface area contributed by atoms with Crippen LogP contribution in [0.3, 0.4) is 0 Å². The Hall–Kier alpha value is -3.89. The van der Waals surface area contributed by atoms with Crippen molar-refractivity contribution in [2.45, 2.75) is 53.2 Å². The number of aliphatic imine (C=N–C) groups is 1. The molecule has 0 saturated carbocycles. The number of aryl methyl sites for hydroxylation is 1. The molecule has 39 heavy (non-hydrogen) atoms. The number of halogens is 3. The molecule has 0 aliphatic rings. The lowest BCUT2D eigenvalue weighted by Crippen LogP contribution is -2.29. The van der Waals surface area contributed by atoms with E-state index in [0.29, 0.717) is 22.9 Å². The number of aliphatic hydroxyl groups is 1. The summed E-state index contributed by atoms with van der Waals surface area (Å²) in [5, 5.41) is 9.55. The maximum absolute atomic E-state index is 13.9. The minimum atomic E-state index is -0.886. The van der Waals surface area contributed by atoms with E-state index in [1.807, 2.05) is 13.8 Å². The average Bonchev–Trinajstić information content (AvgIpc) is 2.87. The maximum atomic E-state index is 13.9. The molecule has 1 N–H and O–H groups in total. The van der Waals surface area contributed by atoms with Gasteiger partial charge in [0.2, 0.25) is 0 Å². The molecule has 206 valence electrons. The lowest BCUT2D eigenvalue weighted by atomic mass is 10.1. The van der Waals surface area contributed by atoms with Gasteiger partial charge in [-0.15, -0.1) is 0 Å². The molecule has 0 aromatic carbocycles. The fourth-order valence-corrected chi connectivity index (χ4v) is 3.61. The molecule has 11 heteroatoms. The summed E-state index contributed by atoms with van der Waals surface area (Å²) < 4.78 is 35.1. The first-order valence-corrected chi connectivity index (χ1v) is 12.5. The number of hydrogen-bond acceptors (Lipinski definition) is 6. The highest BCUT2D eigenvalue weighted by Crippen LogP contribution is 2.23. The summed E-state index contributed by atoms with van der Waals surface area (Å²) in [5.74, 6) is -1.54. The van der Waals surface area contributed by atoms with E-state index in [1.54, 1.807) is 39.1 Å². The number of pyridine rings is 3. The van der Waals surface area contributed by atoms with Crippen molar-refractivity contribution >= 4 is 23.6 Å². The van der Waals surface area contributed by atoms with E-state index in [4.69, 9.17) is 16.3 Å². The Balaban J connectivity index is 2.01. The van der Waals surface area contributed by atoms with E-state index < -0.39 is 23.3 Å². The van der Waals surface area contributed by atoms with Gasteiger partial charge in [0.05, 0.1) is 12.3 Å². The number of rotatable bonds is 8. The van der Waals surface area contributed by atoms with Crippen molar-refractivity contribution in [3.8, 4) is 5.75 Å². The number of aliphatic hydroxyl groups excluding tert-OH is 1. The van der Waals surface area contributed by atoms with Crippen LogP contribution in [-0.2, 0) is 6.61 Å². The third-order valence-electron chi connectivity index (χ3n) is 5.87. The first kappa shape index (κ1) is 29.7. The zero-order valence-corrected chi connectivity index (χ0v) is 22.9. The van der Waals surface area contributed by atoms with E-state index in [0.717, 1.165) is 6.20 Å². The molecule has 3 rings (SSSR count). The van der Waals surface area contributed by atoms with Crippen molar-refractivity contribution in [2.24, 2.45) is 4.99 Å². The van der Waals surface area contributed by atoms with Crippen LogP contribution in [0.2, 0.25) is 5.02 Å². The van der Waals surface area contributed by atoms with Gasteiger partial charge >= 0.3 is 0 Å². The standard InChI is InChI=1S/C28H29ClF2N4O4/c1-16(2)21-7-6-9-35(27(21)37)25(33-13-17(3)19(5)36)8-10-34-18(4)11-24(26(29)28(34)38)39-15-23-22(31)12-20(30)14-32-23/h6-14,16,19,36H,15H2,1-5H3/b10-8+,17-13-,33-25-/t19-/m0/s1. The normalized spacial score (nSPS) is 13.4. The minimum absolute atomic E-state index is 0.000391. The van der Waals surface area contributed by atoms with E-state index in [9.17, 15) is 23.5 Å². The molecule has 3 aromatic rings. The summed E-state index contributed by atoms with van der Waals surface area (Å²) >= 11 is 6.26. The highest BCUT2D eigenvalue weighted by molar-refractivity contribution is 6.31. The van der Waals surface area contributed by atoms with Crippen LogP contribution >= 0.6 is 11.6 Å². The fraction of sp³-hybridized carbons (Fsp3) is 0.286. The summed E-state index contributed by atoms with van der Waals surface area (Å²) in [7, 11) is 0. The van der Waals surface area contributed by atoms with Crippen LogP contribution in [0, 0.1) is 18.6 Å². The van der Waals surface area contributed by atoms with Crippen LogP contribution in [0.15, 0.2) is 69.1 Å². The maximum Gasteiger partial charge on any atom is 0.277 e. The van der Waals surface area contributed by atoms with Crippen LogP contribution in [0.1, 0.15) is 50.6 Å². The van der Waals surface area contributed by atoms with Gasteiger partial charge < -0.3 is 9.84 Å². The number of aromatic nitrogens is 3. The monoisotopic (exact) mass is 558 g/mol. The van der Waals surface area contributed by atoms with Crippen molar-refractivity contribution in [1.82, 2.24) is 14.1 Å². The second kappa shape index (κ2) is 12.8. The summed E-state index contributed by atoms with van der Waals surface area (Å²) in [4.78, 5) is 34.2. The van der Waals surface area contributed by atoms with Crippen LogP contribution < -0.4 is 15.9 Å². The Morgan fingerprint density at radius 3 is 2.59 bits per heavy atom. The molecule has 0 spiro atoms. The van der Waals surface area contributed by atoms with Crippen LogP contribution in [0.5, 0.6) is 5.75 Å². The molecular weight excluding hydrogens is 530 g/mol. The zero-order valence-electron chi connectivity index (χ0n) is 22.2. The smallest absolute Gasteiger partial charge is 0.277 e. The largest absolute Gasteiger partial charge is 0.485 e. The molecule has 3 heterocycles. The van der Waals surface area contributed by atoms with Crippen LogP contribution in [-0.4, -0.2) is 31.2 Å². The predicted molar refractivity (Wildman–Crippen MR) is 147 cm³/mol. The van der Waals surface area contributed by atoms with Gasteiger partial charge in [0.25, 0.3) is 11.1 Å². The molecule has 0 amide bonds. The van der Waals surface area contributed by atoms with Crippen molar-refractivity contribution in [3.63, 3.8) is 0 Å². The van der Waals surface area contributed by atoms with Gasteiger partial charge in [-0.25, -0.2) is 13.8 Å². The SMILES string of the molecule is C/C(=C/N=C(/C=C/n1c(C)cc(OCc2ncc(F)cc2F)c(Cl)c1=O)n1cccc(C(C)C)c1=O)[C@H](C)O. The van der Waals surface area contributed by atoms with Crippen LogP contribution in [0.25, 0.3) is 6.20 Å². The second-order valence-electron chi connectivity index (χ2n) is 9.16. The summed E-state index contributed by atoms with van der Waals surface area (Å²) in [5.41, 5.74) is 0.519. The Morgan fingerprint density at radius 1 is 1.23 bits per heavy atom. The Morgan fingerprint density at radius 2 is 1.95 bits per heavy atom. The Labute approximate surface area is 229 Å². The van der Waals surface area contributed by atoms with Crippen molar-refractivity contribution in [1.29, 1.82) is 0 Å². The highest BCUT2D eigenvalue weighted by atomic mass is 35.5. The van der Waals surface area contributed by atoms with Gasteiger partial charge in [-0.05, 0) is 44.4 Å². The lowest BCUT2D eigenvalue weighted by molar-refractivity contribution is 0.231. The number of nitrogens with zero attached hydrogens (tertiary/aromatic N) is 4. The molecule has 1 atom stereocenters. The summed E-state index contributed by atoms with van der Waals surface area (Å²) in [6.07, 6.45) is 6.00. The van der Waals surface area contributed by atoms with Gasteiger partial charge in [0, 0.05) is 42.0 Å². The average molecular weight is 559 g/mol. The first-order valence-electron chi connectivity index (χ1n) is 12.1. The molecule has 0 unspecified atom stereocenters. The molecule has 0 saturated heterocycles. The van der Waals surface area contributed by atoms with Gasteiger partial charge in [-0.1, -0.05) is 31.5 Å². The minimum Gasteiger partial charge on any atom is -0.485 e. The molecular formula is C28H29ClF2N4O4. The van der Waals surface area contributed by atoms with E-state index in [2.05, 4.69) is 9.98 Å². The van der Waals surface area contributed by atoms with Gasteiger partial charge in [-0.2, -0.15) is 0 Å². The molecule has 0 aliphatic carbocycles. The third kappa shape index (κ3) is 7.15. The highest BCUT2D eigenvalue weighted by Gasteiger charge is 2.14. The summed E-state index contributed by atoms with van der Waals surface area (Å²) in [6, 6.07) is 5.63. The topological polar surface area (TPSA) is 98.7 Å². The number of ether oxygens (including phenoxy) is 1. The van der Waals surface area contributed by atoms with E-state index >= 15 is 0 Å². The lowest BCUT2D eigenvalue weighted by Gasteiger charge is -2.13. The van der Waals surface area contributed by atoms with E-state index in [-0.39, 0.29) is 40.4 Å². The van der Waals surface area contributed by atoms with Crippen LogP contribution in [0.4, 0.5) is 8.78 Å². The van der Waals surface area contributed by atoms with E-state index in [1.165, 1.54) is 33.7 Å². The van der Waals surface area contributed by atoms with Gasteiger partial charge in [0.1, 0.15) is 34.7 Å². The van der Waals surface area contributed by atoms with Crippen molar-refractivity contribution in [3.05, 3.63) is 109 Å². The fourth-order valence-electron chi connectivity index (χ4n) is 3.41. The van der Waals surface area contributed by atoms with Crippen molar-refractivity contribution in [2.75, 3.05) is 0 Å². The second-order valence-corrected chi connectivity index (χ2v) is 9.53. The zero-order chi connectivity index (χ0) is 28.9. The van der Waals surface area contributed by atoms with Gasteiger partial charge in [0.15, 0.2) is 5.82 Å². The van der Waals surface area contributed by atoms with Crippen molar-refractivity contribution < 1.29 is 18.6 Å². The molecule has 0 aliphatic heterocycles. The predicted octanol–water partition coefficient (Wildman–Crippen LogP) is 5.05. The third-order valence-corrected chi connectivity index (χ3v) is 6.22. The Bertz CT molecular complexity index is 1570. The molecule has 0 radical (unpaired) electrons. The molecule has 8 nitrogen and oxygen atoms in total. The Kier molecular flexibility index (Phi) is 9.71. The number of hydrogen-bond donors (Lipinski definition) is 1. The van der Waals surface area contributed by atoms with Gasteiger partial charge in [-0.3, -0.25) is 23.7 Å². The first-order chi connectivity index (χ1) is 18.4.